The third kappa shape index (κ3) is 4.14. The number of carbonyl (C=O) groups excluding carboxylic acids is 1. The van der Waals surface area contributed by atoms with E-state index in [9.17, 15) is 4.79 Å². The van der Waals surface area contributed by atoms with E-state index in [-0.39, 0.29) is 5.91 Å². The molecule has 122 valence electrons. The molecule has 0 saturated heterocycles. The number of thiophene rings is 1. The molecule has 1 aromatic heterocycles. The molecule has 0 unspecified atom stereocenters. The van der Waals surface area contributed by atoms with Gasteiger partial charge in [-0.25, -0.2) is 0 Å². The lowest BCUT2D eigenvalue weighted by molar-refractivity contribution is 0.0942. The largest absolute Gasteiger partial charge is 0.489 e. The maximum absolute atomic E-state index is 12.2. The van der Waals surface area contributed by atoms with Crippen molar-refractivity contribution in [1.82, 2.24) is 5.32 Å². The Balaban J connectivity index is 1.57. The summed E-state index contributed by atoms with van der Waals surface area (Å²) >= 11 is 1.49. The number of rotatable bonds is 5. The number of ether oxygens (including phenoxy) is 1. The van der Waals surface area contributed by atoms with E-state index < -0.39 is 0 Å². The summed E-state index contributed by atoms with van der Waals surface area (Å²) in [6.45, 7) is 4.62. The minimum absolute atomic E-state index is 0.0552. The van der Waals surface area contributed by atoms with Gasteiger partial charge in [0.1, 0.15) is 12.4 Å². The van der Waals surface area contributed by atoms with E-state index in [2.05, 4.69) is 31.3 Å². The Hall–Kier alpha value is -1.81. The fraction of sp³-hybridized carbons (Fsp3) is 0.421. The van der Waals surface area contributed by atoms with Crippen LogP contribution >= 0.6 is 11.3 Å². The van der Waals surface area contributed by atoms with Crippen LogP contribution < -0.4 is 10.1 Å². The maximum Gasteiger partial charge on any atom is 0.261 e. The monoisotopic (exact) mass is 329 g/mol. The average Bonchev–Trinajstić information content (AvgIpc) is 3.17. The number of hydrogen-bond acceptors (Lipinski definition) is 3. The number of nitrogens with one attached hydrogen (secondary N) is 1. The van der Waals surface area contributed by atoms with Gasteiger partial charge in [0.25, 0.3) is 5.91 Å². The Kier molecular flexibility index (Phi) is 5.01. The van der Waals surface area contributed by atoms with Crippen LogP contribution in [0, 0.1) is 13.8 Å². The van der Waals surface area contributed by atoms with Crippen molar-refractivity contribution in [3.05, 3.63) is 51.2 Å². The van der Waals surface area contributed by atoms with Crippen molar-refractivity contribution in [3.8, 4) is 5.75 Å². The Morgan fingerprint density at radius 1 is 1.26 bits per heavy atom. The van der Waals surface area contributed by atoms with Crippen LogP contribution in [0.15, 0.2) is 29.6 Å². The van der Waals surface area contributed by atoms with Gasteiger partial charge in [-0.1, -0.05) is 30.5 Å². The molecule has 1 aliphatic carbocycles. The molecule has 0 atom stereocenters. The zero-order valence-electron chi connectivity index (χ0n) is 13.7. The molecule has 4 heteroatoms. The van der Waals surface area contributed by atoms with E-state index in [1.54, 1.807) is 0 Å². The molecular weight excluding hydrogens is 306 g/mol. The van der Waals surface area contributed by atoms with Crippen molar-refractivity contribution in [2.45, 2.75) is 52.2 Å². The van der Waals surface area contributed by atoms with Crippen LogP contribution in [0.25, 0.3) is 0 Å². The van der Waals surface area contributed by atoms with Crippen LogP contribution in [0.2, 0.25) is 0 Å². The van der Waals surface area contributed by atoms with Crippen molar-refractivity contribution in [1.29, 1.82) is 0 Å². The number of carbonyl (C=O) groups is 1. The highest BCUT2D eigenvalue weighted by Gasteiger charge is 2.19. The Bertz CT molecular complexity index is 686. The summed E-state index contributed by atoms with van der Waals surface area (Å²) in [5, 5.41) is 5.14. The molecule has 3 rings (SSSR count). The predicted molar refractivity (Wildman–Crippen MR) is 94.3 cm³/mol. The molecule has 1 aliphatic rings. The van der Waals surface area contributed by atoms with Crippen LogP contribution in [0.3, 0.4) is 0 Å². The van der Waals surface area contributed by atoms with Gasteiger partial charge in [0.05, 0.1) is 4.88 Å². The molecule has 1 heterocycles. The van der Waals surface area contributed by atoms with Crippen LogP contribution in [0.1, 0.15) is 52.0 Å². The minimum atomic E-state index is 0.0552. The number of hydrogen-bond donors (Lipinski definition) is 1. The third-order valence-corrected chi connectivity index (χ3v) is 5.27. The van der Waals surface area contributed by atoms with Crippen molar-refractivity contribution in [3.63, 3.8) is 0 Å². The van der Waals surface area contributed by atoms with Crippen molar-refractivity contribution >= 4 is 17.2 Å². The van der Waals surface area contributed by atoms with Gasteiger partial charge in [-0.05, 0) is 49.8 Å². The average molecular weight is 329 g/mol. The molecule has 0 bridgehead atoms. The molecule has 23 heavy (non-hydrogen) atoms. The number of amides is 1. The van der Waals surface area contributed by atoms with Gasteiger partial charge in [-0.15, -0.1) is 11.3 Å². The van der Waals surface area contributed by atoms with Crippen molar-refractivity contribution < 1.29 is 9.53 Å². The minimum Gasteiger partial charge on any atom is -0.489 e. The normalized spacial score (nSPS) is 14.9. The van der Waals surface area contributed by atoms with Gasteiger partial charge < -0.3 is 10.1 Å². The highest BCUT2D eigenvalue weighted by atomic mass is 32.1. The van der Waals surface area contributed by atoms with Crippen LogP contribution in [-0.4, -0.2) is 11.9 Å². The first-order chi connectivity index (χ1) is 11.1. The molecule has 1 aromatic carbocycles. The smallest absolute Gasteiger partial charge is 0.261 e. The molecule has 0 radical (unpaired) electrons. The second-order valence-corrected chi connectivity index (χ2v) is 7.24. The summed E-state index contributed by atoms with van der Waals surface area (Å²) in [6.07, 6.45) is 4.67. The molecular formula is C19H23NO2S. The maximum atomic E-state index is 12.2. The molecule has 1 N–H and O–H groups in total. The highest BCUT2D eigenvalue weighted by Crippen LogP contribution is 2.23. The lowest BCUT2D eigenvalue weighted by Gasteiger charge is -2.10. The first kappa shape index (κ1) is 16.1. The Morgan fingerprint density at radius 2 is 2.04 bits per heavy atom. The fourth-order valence-electron chi connectivity index (χ4n) is 3.02. The van der Waals surface area contributed by atoms with Crippen molar-refractivity contribution in [2.75, 3.05) is 0 Å². The molecule has 0 aliphatic heterocycles. The van der Waals surface area contributed by atoms with Gasteiger partial charge in [-0.3, -0.25) is 4.79 Å². The topological polar surface area (TPSA) is 38.3 Å². The lowest BCUT2D eigenvalue weighted by Crippen LogP contribution is -2.31. The summed E-state index contributed by atoms with van der Waals surface area (Å²) < 4.78 is 5.88. The number of benzene rings is 1. The van der Waals surface area contributed by atoms with Gasteiger partial charge >= 0.3 is 0 Å². The van der Waals surface area contributed by atoms with E-state index in [1.165, 1.54) is 29.7 Å². The predicted octanol–water partition coefficient (Wildman–Crippen LogP) is 4.62. The van der Waals surface area contributed by atoms with E-state index in [0.717, 1.165) is 34.6 Å². The molecule has 3 nitrogen and oxygen atoms in total. The first-order valence-corrected chi connectivity index (χ1v) is 9.08. The summed E-state index contributed by atoms with van der Waals surface area (Å²) in [4.78, 5) is 13.0. The molecule has 1 fully saturated rings. The van der Waals surface area contributed by atoms with Crippen molar-refractivity contribution in [2.24, 2.45) is 0 Å². The molecule has 1 saturated carbocycles. The SMILES string of the molecule is Cc1ccc(OCc2csc(C(=O)NC3CCCC3)c2)c(C)c1. The fourth-order valence-corrected chi connectivity index (χ4v) is 3.82. The summed E-state index contributed by atoms with van der Waals surface area (Å²) in [5.74, 6) is 0.957. The molecule has 1 amide bonds. The van der Waals surface area contributed by atoms with Crippen LogP contribution in [-0.2, 0) is 6.61 Å². The Labute approximate surface area is 141 Å². The molecule has 0 spiro atoms. The second kappa shape index (κ2) is 7.18. The van der Waals surface area contributed by atoms with E-state index in [0.29, 0.717) is 12.6 Å². The quantitative estimate of drug-likeness (QED) is 0.869. The van der Waals surface area contributed by atoms with E-state index in [1.807, 2.05) is 17.5 Å². The van der Waals surface area contributed by atoms with Gasteiger partial charge in [-0.2, -0.15) is 0 Å². The summed E-state index contributed by atoms with van der Waals surface area (Å²) in [6, 6.07) is 8.47. The lowest BCUT2D eigenvalue weighted by atomic mass is 10.1. The first-order valence-electron chi connectivity index (χ1n) is 8.20. The van der Waals surface area contributed by atoms with Crippen LogP contribution in [0.4, 0.5) is 0 Å². The van der Waals surface area contributed by atoms with Gasteiger partial charge in [0, 0.05) is 11.6 Å². The zero-order valence-corrected chi connectivity index (χ0v) is 14.5. The highest BCUT2D eigenvalue weighted by molar-refractivity contribution is 7.12. The van der Waals surface area contributed by atoms with E-state index in [4.69, 9.17) is 4.74 Å². The third-order valence-electron chi connectivity index (χ3n) is 4.29. The standard InChI is InChI=1S/C19H23NO2S/c1-13-7-8-17(14(2)9-13)22-11-15-10-18(23-12-15)19(21)20-16-5-3-4-6-16/h7-10,12,16H,3-6,11H2,1-2H3,(H,20,21). The number of aryl methyl sites for hydroxylation is 2. The van der Waals surface area contributed by atoms with Gasteiger partial charge in [0.2, 0.25) is 0 Å². The van der Waals surface area contributed by atoms with E-state index >= 15 is 0 Å². The second-order valence-electron chi connectivity index (χ2n) is 6.33. The van der Waals surface area contributed by atoms with Crippen LogP contribution in [0.5, 0.6) is 5.75 Å². The summed E-state index contributed by atoms with van der Waals surface area (Å²) in [5.41, 5.74) is 3.42. The molecule has 2 aromatic rings. The van der Waals surface area contributed by atoms with Gasteiger partial charge in [0.15, 0.2) is 0 Å². The zero-order chi connectivity index (χ0) is 16.2. The Morgan fingerprint density at radius 3 is 2.78 bits per heavy atom. The summed E-state index contributed by atoms with van der Waals surface area (Å²) in [7, 11) is 0.